The van der Waals surface area contributed by atoms with Crippen LogP contribution < -0.4 is 0 Å². The molecule has 7 aliphatic carbocycles. The molecule has 0 atom stereocenters. The van der Waals surface area contributed by atoms with Crippen molar-refractivity contribution in [2.24, 2.45) is 0 Å². The molecule has 0 unspecified atom stereocenters. The van der Waals surface area contributed by atoms with Crippen LogP contribution in [0.2, 0.25) is 0 Å². The van der Waals surface area contributed by atoms with Crippen LogP contribution in [0.3, 0.4) is 0 Å². The maximum absolute atomic E-state index is 4.64. The first-order valence-electron chi connectivity index (χ1n) is 40.2. The molecule has 6 heteroatoms. The predicted molar refractivity (Wildman–Crippen MR) is 469 cm³/mol. The fourth-order valence-electron chi connectivity index (χ4n) is 18.2. The van der Waals surface area contributed by atoms with Gasteiger partial charge in [0.05, 0.1) is 34.2 Å². The Morgan fingerprint density at radius 2 is 0.545 bits per heavy atom. The van der Waals surface area contributed by atoms with Gasteiger partial charge in [0, 0.05) is 109 Å². The van der Waals surface area contributed by atoms with Gasteiger partial charge in [-0.05, 0) is 389 Å². The van der Waals surface area contributed by atoms with Crippen LogP contribution in [-0.4, -0.2) is 29.9 Å². The van der Waals surface area contributed by atoms with Crippen LogP contribution >= 0.6 is 0 Å². The molecule has 8 aromatic carbocycles. The van der Waals surface area contributed by atoms with E-state index in [0.717, 1.165) is 50.6 Å². The number of aryl methyl sites for hydroxylation is 12. The normalized spacial score (nSPS) is 12.4. The molecule has 0 aliphatic heterocycles. The summed E-state index contributed by atoms with van der Waals surface area (Å²) < 4.78 is 0. The molecule has 6 heterocycles. The maximum Gasteiger partial charge on any atom is 0.0529 e. The van der Waals surface area contributed by atoms with Crippen molar-refractivity contribution in [3.8, 4) is 77.9 Å². The van der Waals surface area contributed by atoms with Crippen molar-refractivity contribution in [2.75, 3.05) is 0 Å². The number of fused-ring (bicyclic) bond motifs is 21. The average Bonchev–Trinajstić information content (AvgIpc) is 1.62. The molecule has 0 fully saturated rings. The Morgan fingerprint density at radius 1 is 0.196 bits per heavy atom. The molecule has 0 bridgehead atoms. The Labute approximate surface area is 666 Å². The van der Waals surface area contributed by atoms with E-state index in [0.29, 0.717) is 0 Å². The molecule has 0 amide bonds. The Morgan fingerprint density at radius 3 is 1.05 bits per heavy atom. The number of nitrogens with zero attached hydrogens (tertiary/aromatic N) is 6. The summed E-state index contributed by atoms with van der Waals surface area (Å²) in [4.78, 5) is 27.1. The standard InChI is InChI=1S/C17H18.5C15H15N.C14H13N/c1-10-5-7-14-15-8-6-11(2)13(4)17(15)9-16(14)12(10)3;1-9-4-6-12-13-7-5-10(2)16-15(13)8-14(12)11(9)3;1-9-6-14-12-5-4-10(2)11(3)13(12)7-15(14)16-8-9;1-9-4-5-12-13(11(9)3)8-14-15(12)10(2)6-7-16-14;1-9-7-14-12-5-4-6-16-15(12)8-13(14)11(3)10(9)2;1-9-7-10(2)15-12-5-4-6-16-14(12)8-13(15)11(9)3;1-9-5-6-11-12-4-3-7-15-14(12)8-13(11)10(9)2/h5-8H,9H2,1-4H3;4-7H,8H2,1-3H3;4-6,8H,7H2,1-3H3;3*4-7H,8H2,1-3H3;3-7H,8H2,1-2H3. The van der Waals surface area contributed by atoms with Gasteiger partial charge in [-0.2, -0.15) is 0 Å². The highest BCUT2D eigenvalue weighted by Gasteiger charge is 2.29. The van der Waals surface area contributed by atoms with Crippen molar-refractivity contribution in [1.82, 2.24) is 29.9 Å². The molecule has 112 heavy (non-hydrogen) atoms. The zero-order valence-electron chi connectivity index (χ0n) is 69.9. The van der Waals surface area contributed by atoms with Crippen molar-refractivity contribution < 1.29 is 0 Å². The van der Waals surface area contributed by atoms with Gasteiger partial charge in [-0.15, -0.1) is 0 Å². The number of aromatic nitrogens is 6. The van der Waals surface area contributed by atoms with Crippen LogP contribution in [0, 0.1) is 145 Å². The third kappa shape index (κ3) is 14.0. The number of pyridine rings is 6. The quantitative estimate of drug-likeness (QED) is 0.151. The molecule has 7 aliphatic rings. The molecule has 560 valence electrons. The summed E-state index contributed by atoms with van der Waals surface area (Å²) in [6.07, 6.45) is 16.7. The molecule has 0 radical (unpaired) electrons. The van der Waals surface area contributed by atoms with Gasteiger partial charge >= 0.3 is 0 Å². The van der Waals surface area contributed by atoms with E-state index in [1.165, 1.54) is 268 Å². The zero-order valence-corrected chi connectivity index (χ0v) is 69.9. The van der Waals surface area contributed by atoms with Crippen LogP contribution in [0.5, 0.6) is 0 Å². The van der Waals surface area contributed by atoms with Gasteiger partial charge in [-0.25, -0.2) is 0 Å². The first kappa shape index (κ1) is 76.0. The van der Waals surface area contributed by atoms with Crippen LogP contribution in [0.25, 0.3) is 77.9 Å². The summed E-state index contributed by atoms with van der Waals surface area (Å²) in [5.41, 5.74) is 67.6. The van der Waals surface area contributed by atoms with E-state index in [2.05, 4.69) is 303 Å². The van der Waals surface area contributed by atoms with Crippen molar-refractivity contribution in [2.45, 2.75) is 190 Å². The second-order valence-corrected chi connectivity index (χ2v) is 32.8. The van der Waals surface area contributed by atoms with E-state index in [-0.39, 0.29) is 0 Å². The summed E-state index contributed by atoms with van der Waals surface area (Å²) in [7, 11) is 0. The molecule has 0 N–H and O–H groups in total. The summed E-state index contributed by atoms with van der Waals surface area (Å²) in [6, 6.07) is 52.8. The molecule has 0 saturated carbocycles. The highest BCUT2D eigenvalue weighted by Crippen LogP contribution is 2.46. The highest BCUT2D eigenvalue weighted by atomic mass is 14.7. The zero-order chi connectivity index (χ0) is 79.0. The number of hydrogen-bond donors (Lipinski definition) is 0. The largest absolute Gasteiger partial charge is 0.260 e. The van der Waals surface area contributed by atoms with E-state index in [1.807, 2.05) is 49.2 Å². The lowest BCUT2D eigenvalue weighted by atomic mass is 9.94. The molecule has 14 aromatic rings. The fraction of sp³-hybridized carbons (Fsp3) is 0.264. The summed E-state index contributed by atoms with van der Waals surface area (Å²) >= 11 is 0. The SMILES string of the molecule is Cc1cc(C)c2c(c1C)Cc1ncccc1-2.Cc1cc2c(c(C)c1C)Cc1ncccc1-2.Cc1ccc2c(c1C)Cc1c-2ccc(C)c1C.Cc1ccc2c(c1C)Cc1nccc(C)c1-2.Cc1ccc2c(c1C)Cc1ncccc1-2.Cc1ccc2c(n1)Cc1c-2ccc(C)c1C.Cc1cnc2c(c1)-c1ccc(C)c(C)c1C2. The van der Waals surface area contributed by atoms with Crippen molar-refractivity contribution in [3.05, 3.63) is 372 Å². The van der Waals surface area contributed by atoms with Gasteiger partial charge in [0.1, 0.15) is 0 Å². The average molecular weight is 1460 g/mol. The fourth-order valence-corrected chi connectivity index (χ4v) is 18.2. The predicted octanol–water partition coefficient (Wildman–Crippen LogP) is 25.7. The molecule has 0 saturated heterocycles. The Balaban J connectivity index is 0.000000103. The molecular formula is C106H106N6. The van der Waals surface area contributed by atoms with Gasteiger partial charge in [0.25, 0.3) is 0 Å². The smallest absolute Gasteiger partial charge is 0.0529 e. The second-order valence-electron chi connectivity index (χ2n) is 32.8. The van der Waals surface area contributed by atoms with E-state index >= 15 is 0 Å². The lowest BCUT2D eigenvalue weighted by Crippen LogP contribution is -1.93. The van der Waals surface area contributed by atoms with Crippen molar-refractivity contribution >= 4 is 0 Å². The minimum Gasteiger partial charge on any atom is -0.260 e. The molecule has 21 rings (SSSR count). The molecule has 6 aromatic heterocycles. The molecule has 6 nitrogen and oxygen atoms in total. The number of hydrogen-bond acceptors (Lipinski definition) is 6. The third-order valence-corrected chi connectivity index (χ3v) is 26.2. The number of benzene rings is 8. The Bertz CT molecular complexity index is 6120. The summed E-state index contributed by atoms with van der Waals surface area (Å²) in [5.74, 6) is 0. The van der Waals surface area contributed by atoms with Crippen molar-refractivity contribution in [3.63, 3.8) is 0 Å². The molecular weight excluding hydrogens is 1360 g/mol. The monoisotopic (exact) mass is 1460 g/mol. The minimum absolute atomic E-state index is 0.998. The topological polar surface area (TPSA) is 77.3 Å². The minimum atomic E-state index is 0.998. The van der Waals surface area contributed by atoms with Crippen LogP contribution in [0.15, 0.2) is 177 Å². The van der Waals surface area contributed by atoms with E-state index < -0.39 is 0 Å². The second kappa shape index (κ2) is 30.7. The van der Waals surface area contributed by atoms with Gasteiger partial charge < -0.3 is 0 Å². The van der Waals surface area contributed by atoms with Crippen molar-refractivity contribution in [1.29, 1.82) is 0 Å². The Hall–Kier alpha value is -11.3. The highest BCUT2D eigenvalue weighted by molar-refractivity contribution is 5.85. The van der Waals surface area contributed by atoms with Crippen LogP contribution in [0.1, 0.15) is 196 Å². The first-order chi connectivity index (χ1) is 53.7. The lowest BCUT2D eigenvalue weighted by molar-refractivity contribution is 1.06. The van der Waals surface area contributed by atoms with E-state index in [1.54, 1.807) is 0 Å². The van der Waals surface area contributed by atoms with Crippen LogP contribution in [-0.2, 0) is 44.9 Å². The molecule has 0 spiro atoms. The van der Waals surface area contributed by atoms with Gasteiger partial charge in [0.2, 0.25) is 0 Å². The number of rotatable bonds is 0. The lowest BCUT2D eigenvalue weighted by Gasteiger charge is -2.11. The van der Waals surface area contributed by atoms with E-state index in [4.69, 9.17) is 0 Å². The van der Waals surface area contributed by atoms with Crippen LogP contribution in [0.4, 0.5) is 0 Å². The van der Waals surface area contributed by atoms with Gasteiger partial charge in [0.15, 0.2) is 0 Å². The Kier molecular flexibility index (Phi) is 20.9. The third-order valence-electron chi connectivity index (χ3n) is 26.2. The van der Waals surface area contributed by atoms with Gasteiger partial charge in [-0.1, -0.05) is 109 Å². The summed E-state index contributed by atoms with van der Waals surface area (Å²) in [5, 5.41) is 0. The van der Waals surface area contributed by atoms with Gasteiger partial charge in [-0.3, -0.25) is 29.9 Å². The maximum atomic E-state index is 4.64. The summed E-state index contributed by atoms with van der Waals surface area (Å²) in [6.45, 7) is 46.1. The first-order valence-corrected chi connectivity index (χ1v) is 40.2. The van der Waals surface area contributed by atoms with E-state index in [9.17, 15) is 0 Å².